The number of amides is 3. The lowest BCUT2D eigenvalue weighted by molar-refractivity contribution is -0.192. The first-order chi connectivity index (χ1) is 18.5. The Balaban J connectivity index is 0.000000448. The highest BCUT2D eigenvalue weighted by molar-refractivity contribution is 6.05. The quantitative estimate of drug-likeness (QED) is 0.539. The number of alkyl halides is 3. The van der Waals surface area contributed by atoms with E-state index in [1.54, 1.807) is 10.7 Å². The average molecular weight is 547 g/mol. The maximum absolute atomic E-state index is 12.8. The van der Waals surface area contributed by atoms with Gasteiger partial charge in [-0.25, -0.2) is 9.48 Å². The number of rotatable bonds is 4. The van der Waals surface area contributed by atoms with Gasteiger partial charge in [0.05, 0.1) is 23.6 Å². The van der Waals surface area contributed by atoms with Gasteiger partial charge in [0.2, 0.25) is 11.8 Å². The Kier molecular flexibility index (Phi) is 7.95. The molecule has 2 aromatic rings. The average Bonchev–Trinajstić information content (AvgIpc) is 3.48. The van der Waals surface area contributed by atoms with E-state index in [1.165, 1.54) is 4.90 Å². The fourth-order valence-corrected chi connectivity index (χ4v) is 4.65. The van der Waals surface area contributed by atoms with Crippen LogP contribution in [0.3, 0.4) is 0 Å². The van der Waals surface area contributed by atoms with Crippen LogP contribution in [0.25, 0.3) is 5.69 Å². The number of nitrogens with one attached hydrogen (secondary N) is 1. The number of carbonyl (C=O) groups is 4. The summed E-state index contributed by atoms with van der Waals surface area (Å²) in [6, 6.07) is 7.19. The highest BCUT2D eigenvalue weighted by Crippen LogP contribution is 2.29. The molecule has 1 aromatic heterocycles. The second-order valence-corrected chi connectivity index (χ2v) is 9.38. The normalized spacial score (nSPS) is 20.1. The lowest BCUT2D eigenvalue weighted by atomic mass is 9.99. The summed E-state index contributed by atoms with van der Waals surface area (Å²) < 4.78 is 33.4. The SMILES string of the molecule is N#CC1CCN(Cc2cn(-c3ccc4c(c3)CN(C3CCC(=O)NC3=O)C4=O)nn2)CC1.O=C(O)C(F)(F)F. The topological polar surface area (TPSA) is 162 Å². The summed E-state index contributed by atoms with van der Waals surface area (Å²) in [6.45, 7) is 2.76. The van der Waals surface area contributed by atoms with Crippen molar-refractivity contribution in [2.75, 3.05) is 13.1 Å². The van der Waals surface area contributed by atoms with Crippen molar-refractivity contribution in [1.29, 1.82) is 5.26 Å². The highest BCUT2D eigenvalue weighted by Gasteiger charge is 2.39. The van der Waals surface area contributed by atoms with Crippen LogP contribution in [0.2, 0.25) is 0 Å². The van der Waals surface area contributed by atoms with E-state index in [2.05, 4.69) is 26.6 Å². The van der Waals surface area contributed by atoms with Crippen LogP contribution in [0.15, 0.2) is 24.4 Å². The molecular weight excluding hydrogens is 523 g/mol. The van der Waals surface area contributed by atoms with Gasteiger partial charge in [0.25, 0.3) is 5.91 Å². The summed E-state index contributed by atoms with van der Waals surface area (Å²) in [5.41, 5.74) is 3.04. The number of carboxylic acid groups (broad SMARTS) is 1. The van der Waals surface area contributed by atoms with Gasteiger partial charge in [0.1, 0.15) is 6.04 Å². The smallest absolute Gasteiger partial charge is 0.475 e. The summed E-state index contributed by atoms with van der Waals surface area (Å²) in [5, 5.41) is 27.0. The Morgan fingerprint density at radius 1 is 1.18 bits per heavy atom. The van der Waals surface area contributed by atoms with E-state index in [0.29, 0.717) is 25.1 Å². The molecule has 0 saturated carbocycles. The molecule has 3 amide bonds. The van der Waals surface area contributed by atoms with Gasteiger partial charge in [0, 0.05) is 31.0 Å². The lowest BCUT2D eigenvalue weighted by Gasteiger charge is -2.29. The monoisotopic (exact) mass is 547 g/mol. The number of nitrogens with zero attached hydrogens (tertiary/aromatic N) is 6. The van der Waals surface area contributed by atoms with E-state index >= 15 is 0 Å². The molecule has 1 unspecified atom stereocenters. The molecule has 1 aromatic carbocycles. The number of aliphatic carboxylic acids is 1. The molecule has 3 aliphatic rings. The highest BCUT2D eigenvalue weighted by atomic mass is 19.4. The van der Waals surface area contributed by atoms with E-state index in [1.807, 2.05) is 18.3 Å². The van der Waals surface area contributed by atoms with E-state index in [0.717, 1.165) is 42.9 Å². The van der Waals surface area contributed by atoms with Crippen molar-refractivity contribution < 1.29 is 37.5 Å². The van der Waals surface area contributed by atoms with Gasteiger partial charge in [-0.05, 0) is 56.1 Å². The first-order valence-corrected chi connectivity index (χ1v) is 12.1. The van der Waals surface area contributed by atoms with Crippen LogP contribution in [-0.4, -0.2) is 78.9 Å². The Hall–Kier alpha value is -4.32. The van der Waals surface area contributed by atoms with Crippen molar-refractivity contribution >= 4 is 23.7 Å². The molecule has 2 fully saturated rings. The minimum atomic E-state index is -5.08. The fourth-order valence-electron chi connectivity index (χ4n) is 4.65. The summed E-state index contributed by atoms with van der Waals surface area (Å²) in [6.07, 6.45) is -0.861. The first-order valence-electron chi connectivity index (χ1n) is 12.1. The van der Waals surface area contributed by atoms with Crippen molar-refractivity contribution in [3.63, 3.8) is 0 Å². The number of hydrogen-bond donors (Lipinski definition) is 2. The minimum absolute atomic E-state index is 0.149. The molecule has 1 atom stereocenters. The fraction of sp³-hybridized carbons (Fsp3) is 0.458. The molecule has 0 bridgehead atoms. The Labute approximate surface area is 220 Å². The van der Waals surface area contributed by atoms with Crippen LogP contribution in [0, 0.1) is 17.2 Å². The lowest BCUT2D eigenvalue weighted by Crippen LogP contribution is -2.52. The maximum Gasteiger partial charge on any atom is 0.490 e. The number of imide groups is 1. The van der Waals surface area contributed by atoms with Crippen LogP contribution in [0.1, 0.15) is 47.3 Å². The minimum Gasteiger partial charge on any atom is -0.475 e. The van der Waals surface area contributed by atoms with Crippen LogP contribution in [0.4, 0.5) is 13.2 Å². The number of piperidine rings is 2. The third-order valence-electron chi connectivity index (χ3n) is 6.71. The Morgan fingerprint density at radius 3 is 2.49 bits per heavy atom. The van der Waals surface area contributed by atoms with Crippen LogP contribution in [0.5, 0.6) is 0 Å². The molecule has 2 N–H and O–H groups in total. The molecule has 12 nitrogen and oxygen atoms in total. The van der Waals surface area contributed by atoms with Gasteiger partial charge in [-0.15, -0.1) is 5.10 Å². The number of fused-ring (bicyclic) bond motifs is 1. The summed E-state index contributed by atoms with van der Waals surface area (Å²) in [7, 11) is 0. The van der Waals surface area contributed by atoms with Crippen molar-refractivity contribution in [2.45, 2.75) is 51.0 Å². The summed E-state index contributed by atoms with van der Waals surface area (Å²) >= 11 is 0. The molecule has 0 radical (unpaired) electrons. The second kappa shape index (κ2) is 11.2. The molecule has 0 aliphatic carbocycles. The zero-order chi connectivity index (χ0) is 28.3. The van der Waals surface area contributed by atoms with Crippen molar-refractivity contribution in [3.8, 4) is 11.8 Å². The van der Waals surface area contributed by atoms with Crippen LogP contribution >= 0.6 is 0 Å². The zero-order valence-electron chi connectivity index (χ0n) is 20.5. The van der Waals surface area contributed by atoms with Crippen molar-refractivity contribution in [2.24, 2.45) is 5.92 Å². The van der Waals surface area contributed by atoms with Gasteiger partial charge in [0.15, 0.2) is 0 Å². The second-order valence-electron chi connectivity index (χ2n) is 9.38. The number of nitriles is 1. The molecule has 2 saturated heterocycles. The molecule has 0 spiro atoms. The third-order valence-corrected chi connectivity index (χ3v) is 6.71. The van der Waals surface area contributed by atoms with E-state index in [9.17, 15) is 27.6 Å². The van der Waals surface area contributed by atoms with Crippen molar-refractivity contribution in [3.05, 3.63) is 41.2 Å². The molecule has 3 aliphatic heterocycles. The molecule has 5 rings (SSSR count). The summed E-state index contributed by atoms with van der Waals surface area (Å²) in [4.78, 5) is 49.2. The number of likely N-dealkylation sites (tertiary alicyclic amines) is 1. The molecule has 206 valence electrons. The number of carboxylic acids is 1. The van der Waals surface area contributed by atoms with Gasteiger partial charge >= 0.3 is 12.1 Å². The Morgan fingerprint density at radius 2 is 1.87 bits per heavy atom. The van der Waals surface area contributed by atoms with E-state index < -0.39 is 24.1 Å². The number of hydrogen-bond acceptors (Lipinski definition) is 8. The number of halogens is 3. The molecular formula is C24H24F3N7O5. The number of benzene rings is 1. The van der Waals surface area contributed by atoms with Gasteiger partial charge in [-0.2, -0.15) is 18.4 Å². The first kappa shape index (κ1) is 27.7. The van der Waals surface area contributed by atoms with Gasteiger partial charge in [-0.3, -0.25) is 24.6 Å². The molecule has 4 heterocycles. The van der Waals surface area contributed by atoms with E-state index in [4.69, 9.17) is 15.2 Å². The standard InChI is InChI=1S/C22H23N7O3.C2HF3O2/c23-10-14-5-7-27(8-6-14)12-16-13-29(26-25-16)17-1-2-18-15(9-17)11-28(22(18)32)19-3-4-20(30)24-21(19)31;3-2(4,5)1(6)7/h1-2,9,13-14,19H,3-8,11-12H2,(H,24,30,31);(H,6,7). The third kappa shape index (κ3) is 6.40. The van der Waals surface area contributed by atoms with Crippen molar-refractivity contribution in [1.82, 2.24) is 30.1 Å². The van der Waals surface area contributed by atoms with E-state index in [-0.39, 0.29) is 24.2 Å². The largest absolute Gasteiger partial charge is 0.490 e. The number of carbonyl (C=O) groups excluding carboxylic acids is 3. The molecule has 15 heteroatoms. The van der Waals surface area contributed by atoms with Crippen LogP contribution in [-0.2, 0) is 27.5 Å². The maximum atomic E-state index is 12.8. The predicted octanol–water partition coefficient (Wildman–Crippen LogP) is 1.40. The van der Waals surface area contributed by atoms with Crippen LogP contribution < -0.4 is 5.32 Å². The van der Waals surface area contributed by atoms with Gasteiger partial charge < -0.3 is 10.0 Å². The van der Waals surface area contributed by atoms with Gasteiger partial charge in [-0.1, -0.05) is 5.21 Å². The number of aromatic nitrogens is 3. The Bertz CT molecular complexity index is 1330. The predicted molar refractivity (Wildman–Crippen MR) is 125 cm³/mol. The zero-order valence-corrected chi connectivity index (χ0v) is 20.5. The summed E-state index contributed by atoms with van der Waals surface area (Å²) in [5.74, 6) is -3.51. The molecule has 39 heavy (non-hydrogen) atoms.